The van der Waals surface area contributed by atoms with Crippen LogP contribution in [-0.2, 0) is 4.89 Å². The molecule has 1 rings (SSSR count). The van der Waals surface area contributed by atoms with Gasteiger partial charge in [-0.05, 0) is 26.7 Å². The summed E-state index contributed by atoms with van der Waals surface area (Å²) in [7, 11) is 0. The second kappa shape index (κ2) is 3.42. The molecule has 0 radical (unpaired) electrons. The van der Waals surface area contributed by atoms with Crippen molar-refractivity contribution >= 4 is 0 Å². The van der Waals surface area contributed by atoms with Crippen molar-refractivity contribution in [2.45, 2.75) is 32.3 Å². The van der Waals surface area contributed by atoms with Gasteiger partial charge in [-0.25, -0.2) is 4.89 Å². The van der Waals surface area contributed by atoms with E-state index in [0.29, 0.717) is 0 Å². The first-order valence-corrected chi connectivity index (χ1v) is 4.25. The summed E-state index contributed by atoms with van der Waals surface area (Å²) >= 11 is 0. The monoisotopic (exact) mass is 168 g/mol. The summed E-state index contributed by atoms with van der Waals surface area (Å²) in [6.45, 7) is 7.64. The van der Waals surface area contributed by atoms with Crippen LogP contribution in [0.2, 0.25) is 0 Å². The molecule has 0 aliphatic heterocycles. The van der Waals surface area contributed by atoms with E-state index in [2.05, 4.69) is 17.5 Å². The molecule has 1 aliphatic rings. The summed E-state index contributed by atoms with van der Waals surface area (Å²) in [5.41, 5.74) is 0.678. The van der Waals surface area contributed by atoms with Gasteiger partial charge >= 0.3 is 0 Å². The maximum atomic E-state index is 8.66. The lowest BCUT2D eigenvalue weighted by Gasteiger charge is -2.31. The first-order chi connectivity index (χ1) is 5.56. The van der Waals surface area contributed by atoms with Crippen molar-refractivity contribution in [1.82, 2.24) is 0 Å². The van der Waals surface area contributed by atoms with E-state index in [4.69, 9.17) is 5.26 Å². The number of rotatable bonds is 2. The normalized spacial score (nSPS) is 24.6. The highest BCUT2D eigenvalue weighted by Crippen LogP contribution is 2.31. The number of hydrogen-bond acceptors (Lipinski definition) is 2. The van der Waals surface area contributed by atoms with Crippen LogP contribution in [0.1, 0.15) is 26.7 Å². The largest absolute Gasteiger partial charge is 0.251 e. The summed E-state index contributed by atoms with van der Waals surface area (Å²) in [6, 6.07) is 0. The fourth-order valence-electron chi connectivity index (χ4n) is 1.42. The predicted molar refractivity (Wildman–Crippen MR) is 48.8 cm³/mol. The molecule has 0 spiro atoms. The molecule has 0 saturated heterocycles. The molecule has 0 aromatic rings. The van der Waals surface area contributed by atoms with Gasteiger partial charge in [0.05, 0.1) is 0 Å². The molecule has 0 aromatic carbocycles. The van der Waals surface area contributed by atoms with Crippen LogP contribution in [0.4, 0.5) is 0 Å². The molecule has 68 valence electrons. The van der Waals surface area contributed by atoms with E-state index in [1.165, 1.54) is 0 Å². The van der Waals surface area contributed by atoms with Crippen LogP contribution in [0.15, 0.2) is 24.3 Å². The highest BCUT2D eigenvalue weighted by Gasteiger charge is 2.30. The Morgan fingerprint density at radius 2 is 2.33 bits per heavy atom. The summed E-state index contributed by atoms with van der Waals surface area (Å²) < 4.78 is 0. The lowest BCUT2D eigenvalue weighted by Crippen LogP contribution is -2.33. The third-order valence-electron chi connectivity index (χ3n) is 2.47. The first-order valence-electron chi connectivity index (χ1n) is 4.25. The Hall–Kier alpha value is -0.600. The van der Waals surface area contributed by atoms with E-state index in [-0.39, 0.29) is 5.92 Å². The van der Waals surface area contributed by atoms with E-state index >= 15 is 0 Å². The molecule has 2 nitrogen and oxygen atoms in total. The third kappa shape index (κ3) is 1.96. The third-order valence-corrected chi connectivity index (χ3v) is 2.47. The standard InChI is InChI=1S/C10H16O2/c1-8-4-6-9(7-5-8)10(2,3)12-11/h4,6,9,11H,1,5,7H2,2-3H3. The summed E-state index contributed by atoms with van der Waals surface area (Å²) in [5.74, 6) is 0.285. The Bertz CT molecular complexity index is 204. The van der Waals surface area contributed by atoms with Gasteiger partial charge in [0.1, 0.15) is 5.60 Å². The van der Waals surface area contributed by atoms with E-state index in [0.717, 1.165) is 18.4 Å². The van der Waals surface area contributed by atoms with Crippen LogP contribution in [0, 0.1) is 5.92 Å². The Kier molecular flexibility index (Phi) is 2.70. The van der Waals surface area contributed by atoms with E-state index < -0.39 is 5.60 Å². The molecule has 1 N–H and O–H groups in total. The maximum absolute atomic E-state index is 8.66. The zero-order chi connectivity index (χ0) is 9.19. The van der Waals surface area contributed by atoms with Crippen molar-refractivity contribution in [2.24, 2.45) is 5.92 Å². The van der Waals surface area contributed by atoms with Crippen LogP contribution >= 0.6 is 0 Å². The Labute approximate surface area is 73.5 Å². The molecular weight excluding hydrogens is 152 g/mol. The van der Waals surface area contributed by atoms with Gasteiger partial charge in [0.2, 0.25) is 0 Å². The molecule has 1 unspecified atom stereocenters. The maximum Gasteiger partial charge on any atom is 0.104 e. The van der Waals surface area contributed by atoms with Gasteiger partial charge in [-0.15, -0.1) is 0 Å². The minimum Gasteiger partial charge on any atom is -0.251 e. The molecule has 12 heavy (non-hydrogen) atoms. The fourth-order valence-corrected chi connectivity index (χ4v) is 1.42. The zero-order valence-electron chi connectivity index (χ0n) is 7.71. The van der Waals surface area contributed by atoms with Crippen molar-refractivity contribution in [2.75, 3.05) is 0 Å². The molecule has 0 fully saturated rings. The SMILES string of the molecule is C=C1C=CC(C(C)(C)OO)CC1. The quantitative estimate of drug-likeness (QED) is 0.507. The fraction of sp³-hybridized carbons (Fsp3) is 0.600. The summed E-state index contributed by atoms with van der Waals surface area (Å²) in [5, 5.41) is 8.66. The van der Waals surface area contributed by atoms with E-state index in [1.807, 2.05) is 19.9 Å². The van der Waals surface area contributed by atoms with Crippen molar-refractivity contribution < 1.29 is 10.1 Å². The minimum absolute atomic E-state index is 0.285. The average molecular weight is 168 g/mol. The van der Waals surface area contributed by atoms with E-state index in [9.17, 15) is 0 Å². The molecule has 1 aliphatic carbocycles. The molecule has 0 aromatic heterocycles. The minimum atomic E-state index is -0.475. The molecule has 1 atom stereocenters. The van der Waals surface area contributed by atoms with Crippen LogP contribution in [0.5, 0.6) is 0 Å². The highest BCUT2D eigenvalue weighted by atomic mass is 17.1. The molecule has 0 bridgehead atoms. The summed E-state index contributed by atoms with van der Waals surface area (Å²) in [4.78, 5) is 4.43. The Balaban J connectivity index is 2.66. The van der Waals surface area contributed by atoms with Crippen molar-refractivity contribution in [3.63, 3.8) is 0 Å². The van der Waals surface area contributed by atoms with Gasteiger partial charge in [-0.2, -0.15) is 0 Å². The Morgan fingerprint density at radius 3 is 2.75 bits per heavy atom. The molecule has 2 heteroatoms. The lowest BCUT2D eigenvalue weighted by atomic mass is 9.82. The van der Waals surface area contributed by atoms with Crippen LogP contribution in [0.3, 0.4) is 0 Å². The predicted octanol–water partition coefficient (Wildman–Crippen LogP) is 2.78. The van der Waals surface area contributed by atoms with Crippen LogP contribution in [-0.4, -0.2) is 10.9 Å². The zero-order valence-corrected chi connectivity index (χ0v) is 7.71. The Morgan fingerprint density at radius 1 is 1.67 bits per heavy atom. The topological polar surface area (TPSA) is 29.5 Å². The van der Waals surface area contributed by atoms with Gasteiger partial charge < -0.3 is 0 Å². The molecule has 0 amide bonds. The van der Waals surface area contributed by atoms with Crippen LogP contribution in [0.25, 0.3) is 0 Å². The molecule has 0 heterocycles. The summed E-state index contributed by atoms with van der Waals surface area (Å²) in [6.07, 6.45) is 6.06. The van der Waals surface area contributed by atoms with E-state index in [1.54, 1.807) is 0 Å². The van der Waals surface area contributed by atoms with Gasteiger partial charge in [-0.3, -0.25) is 5.26 Å². The highest BCUT2D eigenvalue weighted by molar-refractivity contribution is 5.20. The second-order valence-electron chi connectivity index (χ2n) is 3.86. The average Bonchev–Trinajstić information content (AvgIpc) is 2.05. The van der Waals surface area contributed by atoms with Crippen LogP contribution < -0.4 is 0 Å². The van der Waals surface area contributed by atoms with Crippen molar-refractivity contribution in [3.8, 4) is 0 Å². The van der Waals surface area contributed by atoms with Gasteiger partial charge in [0, 0.05) is 5.92 Å². The van der Waals surface area contributed by atoms with Crippen molar-refractivity contribution in [3.05, 3.63) is 24.3 Å². The number of hydrogen-bond donors (Lipinski definition) is 1. The van der Waals surface area contributed by atoms with Gasteiger partial charge in [0.25, 0.3) is 0 Å². The van der Waals surface area contributed by atoms with Gasteiger partial charge in [0.15, 0.2) is 0 Å². The molecular formula is C10H16O2. The second-order valence-corrected chi connectivity index (χ2v) is 3.86. The molecule has 0 saturated carbocycles. The van der Waals surface area contributed by atoms with Gasteiger partial charge in [-0.1, -0.05) is 24.3 Å². The smallest absolute Gasteiger partial charge is 0.104 e. The number of allylic oxidation sites excluding steroid dienone is 2. The van der Waals surface area contributed by atoms with Crippen molar-refractivity contribution in [1.29, 1.82) is 0 Å². The lowest BCUT2D eigenvalue weighted by molar-refractivity contribution is -0.323. The first kappa shape index (κ1) is 9.49.